The van der Waals surface area contributed by atoms with Gasteiger partial charge in [-0.15, -0.1) is 0 Å². The number of anilines is 1. The van der Waals surface area contributed by atoms with Gasteiger partial charge in [-0.1, -0.05) is 12.8 Å². The van der Waals surface area contributed by atoms with Crippen molar-refractivity contribution in [1.82, 2.24) is 9.97 Å². The second-order valence-corrected chi connectivity index (χ2v) is 5.68. The third kappa shape index (κ3) is 2.04. The zero-order chi connectivity index (χ0) is 14.0. The Morgan fingerprint density at radius 1 is 1.40 bits per heavy atom. The first-order valence-corrected chi connectivity index (χ1v) is 7.39. The fourth-order valence-corrected chi connectivity index (χ4v) is 3.78. The molecule has 1 aromatic rings. The van der Waals surface area contributed by atoms with Crippen molar-refractivity contribution < 1.29 is 4.74 Å². The Kier molecular flexibility index (Phi) is 3.58. The van der Waals surface area contributed by atoms with E-state index in [1.54, 1.807) is 12.4 Å². The predicted molar refractivity (Wildman–Crippen MR) is 75.1 cm³/mol. The number of nitrogens with one attached hydrogen (secondary N) is 1. The Labute approximate surface area is 119 Å². The van der Waals surface area contributed by atoms with Gasteiger partial charge >= 0.3 is 0 Å². The van der Waals surface area contributed by atoms with Crippen LogP contribution in [0.3, 0.4) is 0 Å². The summed E-state index contributed by atoms with van der Waals surface area (Å²) in [6.45, 7) is 2.83. The summed E-state index contributed by atoms with van der Waals surface area (Å²) in [5.74, 6) is 0.612. The Hall–Kier alpha value is -1.67. The first-order chi connectivity index (χ1) is 9.80. The Morgan fingerprint density at radius 2 is 2.15 bits per heavy atom. The van der Waals surface area contributed by atoms with Gasteiger partial charge in [-0.25, -0.2) is 9.97 Å². The van der Waals surface area contributed by atoms with E-state index in [9.17, 15) is 0 Å². The summed E-state index contributed by atoms with van der Waals surface area (Å²) >= 11 is 0. The summed E-state index contributed by atoms with van der Waals surface area (Å²) < 4.78 is 5.90. The highest BCUT2D eigenvalue weighted by Gasteiger charge is 2.56. The maximum atomic E-state index is 9.10. The van der Waals surface area contributed by atoms with Gasteiger partial charge in [-0.05, 0) is 26.2 Å². The van der Waals surface area contributed by atoms with E-state index in [-0.39, 0.29) is 5.41 Å². The van der Waals surface area contributed by atoms with Crippen LogP contribution in [0.4, 0.5) is 5.82 Å². The molecule has 5 nitrogen and oxygen atoms in total. The molecule has 0 amide bonds. The largest absolute Gasteiger partial charge is 0.378 e. The lowest BCUT2D eigenvalue weighted by Crippen LogP contribution is -2.60. The zero-order valence-electron chi connectivity index (χ0n) is 11.8. The Bertz CT molecular complexity index is 519. The van der Waals surface area contributed by atoms with Crippen LogP contribution in [-0.4, -0.2) is 28.7 Å². The van der Waals surface area contributed by atoms with Crippen molar-refractivity contribution in [3.8, 4) is 6.07 Å². The molecule has 106 valence electrons. The average molecular weight is 272 g/mol. The molecule has 0 aliphatic heterocycles. The molecule has 2 atom stereocenters. The lowest BCUT2D eigenvalue weighted by atomic mass is 9.60. The molecule has 3 rings (SSSR count). The van der Waals surface area contributed by atoms with Crippen molar-refractivity contribution in [1.29, 1.82) is 5.26 Å². The highest BCUT2D eigenvalue weighted by Crippen LogP contribution is 2.55. The molecule has 2 aliphatic carbocycles. The molecule has 2 saturated carbocycles. The normalized spacial score (nSPS) is 27.0. The lowest BCUT2D eigenvalue weighted by molar-refractivity contribution is -0.114. The van der Waals surface area contributed by atoms with Gasteiger partial charge in [0.15, 0.2) is 11.5 Å². The van der Waals surface area contributed by atoms with Gasteiger partial charge in [0.2, 0.25) is 0 Å². The number of nitriles is 1. The minimum Gasteiger partial charge on any atom is -0.378 e. The molecule has 0 aromatic carbocycles. The van der Waals surface area contributed by atoms with Crippen LogP contribution in [0.2, 0.25) is 0 Å². The third-order valence-corrected chi connectivity index (χ3v) is 4.80. The summed E-state index contributed by atoms with van der Waals surface area (Å²) in [4.78, 5) is 8.32. The summed E-state index contributed by atoms with van der Waals surface area (Å²) in [6, 6.07) is 2.45. The smallest absolute Gasteiger partial charge is 0.182 e. The van der Waals surface area contributed by atoms with Gasteiger partial charge < -0.3 is 10.1 Å². The molecule has 5 heteroatoms. The second kappa shape index (κ2) is 5.37. The van der Waals surface area contributed by atoms with E-state index in [0.717, 1.165) is 13.0 Å². The SMILES string of the molecule is CCO[C@H]1C[C@@H](Nc2nccnc2C#N)C12CCCC2. The first-order valence-electron chi connectivity index (χ1n) is 7.39. The monoisotopic (exact) mass is 272 g/mol. The van der Waals surface area contributed by atoms with Crippen molar-refractivity contribution in [2.45, 2.75) is 51.2 Å². The predicted octanol–water partition coefficient (Wildman–Crippen LogP) is 2.50. The van der Waals surface area contributed by atoms with E-state index in [1.807, 2.05) is 0 Å². The van der Waals surface area contributed by atoms with E-state index in [4.69, 9.17) is 10.00 Å². The van der Waals surface area contributed by atoms with Crippen LogP contribution in [0, 0.1) is 16.7 Å². The summed E-state index contributed by atoms with van der Waals surface area (Å²) in [5.41, 5.74) is 0.612. The third-order valence-electron chi connectivity index (χ3n) is 4.80. The van der Waals surface area contributed by atoms with Crippen molar-refractivity contribution >= 4 is 5.82 Å². The molecule has 0 radical (unpaired) electrons. The molecule has 1 aromatic heterocycles. The van der Waals surface area contributed by atoms with Crippen LogP contribution >= 0.6 is 0 Å². The molecule has 2 aliphatic rings. The topological polar surface area (TPSA) is 70.8 Å². The molecule has 0 saturated heterocycles. The van der Waals surface area contributed by atoms with Gasteiger partial charge in [0, 0.05) is 30.5 Å². The summed E-state index contributed by atoms with van der Waals surface area (Å²) in [7, 11) is 0. The molecule has 1 spiro atoms. The van der Waals surface area contributed by atoms with Crippen molar-refractivity contribution in [3.05, 3.63) is 18.1 Å². The number of rotatable bonds is 4. The maximum Gasteiger partial charge on any atom is 0.182 e. The Morgan fingerprint density at radius 3 is 2.85 bits per heavy atom. The van der Waals surface area contributed by atoms with E-state index >= 15 is 0 Å². The van der Waals surface area contributed by atoms with Gasteiger partial charge in [0.25, 0.3) is 0 Å². The van der Waals surface area contributed by atoms with Crippen LogP contribution in [0.1, 0.15) is 44.7 Å². The summed E-state index contributed by atoms with van der Waals surface area (Å²) in [6.07, 6.45) is 9.49. The minimum atomic E-state index is 0.236. The fraction of sp³-hybridized carbons (Fsp3) is 0.667. The highest BCUT2D eigenvalue weighted by atomic mass is 16.5. The zero-order valence-corrected chi connectivity index (χ0v) is 11.8. The quantitative estimate of drug-likeness (QED) is 0.911. The number of nitrogens with zero attached hydrogens (tertiary/aromatic N) is 3. The van der Waals surface area contributed by atoms with Crippen molar-refractivity contribution in [3.63, 3.8) is 0 Å². The van der Waals surface area contributed by atoms with E-state index < -0.39 is 0 Å². The van der Waals surface area contributed by atoms with Crippen molar-refractivity contribution in [2.24, 2.45) is 5.41 Å². The molecular weight excluding hydrogens is 252 g/mol. The molecular formula is C15H20N4O. The number of hydrogen-bond acceptors (Lipinski definition) is 5. The van der Waals surface area contributed by atoms with Gasteiger partial charge in [-0.2, -0.15) is 5.26 Å². The highest BCUT2D eigenvalue weighted by molar-refractivity contribution is 5.48. The second-order valence-electron chi connectivity index (χ2n) is 5.68. The van der Waals surface area contributed by atoms with Crippen LogP contribution < -0.4 is 5.32 Å². The Balaban J connectivity index is 1.77. The van der Waals surface area contributed by atoms with Crippen LogP contribution in [-0.2, 0) is 4.74 Å². The lowest BCUT2D eigenvalue weighted by Gasteiger charge is -2.54. The number of aromatic nitrogens is 2. The van der Waals surface area contributed by atoms with Crippen molar-refractivity contribution in [2.75, 3.05) is 11.9 Å². The minimum absolute atomic E-state index is 0.236. The number of hydrogen-bond donors (Lipinski definition) is 1. The molecule has 1 N–H and O–H groups in total. The van der Waals surface area contributed by atoms with Gasteiger partial charge in [0.05, 0.1) is 6.10 Å². The fourth-order valence-electron chi connectivity index (χ4n) is 3.78. The van der Waals surface area contributed by atoms with E-state index in [1.165, 1.54) is 25.7 Å². The van der Waals surface area contributed by atoms with E-state index in [2.05, 4.69) is 28.3 Å². The average Bonchev–Trinajstić information content (AvgIpc) is 2.99. The maximum absolute atomic E-state index is 9.10. The van der Waals surface area contributed by atoms with Crippen LogP contribution in [0.15, 0.2) is 12.4 Å². The van der Waals surface area contributed by atoms with Crippen LogP contribution in [0.25, 0.3) is 0 Å². The molecule has 2 fully saturated rings. The molecule has 0 unspecified atom stereocenters. The molecule has 0 bridgehead atoms. The van der Waals surface area contributed by atoms with Gasteiger partial charge in [-0.3, -0.25) is 0 Å². The van der Waals surface area contributed by atoms with E-state index in [0.29, 0.717) is 23.7 Å². The van der Waals surface area contributed by atoms with Gasteiger partial charge in [0.1, 0.15) is 6.07 Å². The molecule has 20 heavy (non-hydrogen) atoms. The molecule has 1 heterocycles. The first kappa shape index (κ1) is 13.3. The van der Waals surface area contributed by atoms with Crippen LogP contribution in [0.5, 0.6) is 0 Å². The standard InChI is InChI=1S/C15H20N4O/c1-2-20-13-9-12(15(13)5-3-4-6-15)19-14-11(10-16)17-7-8-18-14/h7-8,12-13H,2-6,9H2,1H3,(H,18,19)/t12-,13+/m1/s1. The number of ether oxygens (including phenoxy) is 1. The summed E-state index contributed by atoms with van der Waals surface area (Å²) in [5, 5.41) is 12.5.